The van der Waals surface area contributed by atoms with Crippen molar-refractivity contribution in [3.05, 3.63) is 41.5 Å². The summed E-state index contributed by atoms with van der Waals surface area (Å²) >= 11 is 0. The fourth-order valence-corrected chi connectivity index (χ4v) is 1.81. The number of hydrogen-bond donors (Lipinski definition) is 1. The SMILES string of the molecule is CC(C)(C)NC1=CCc2ccccc21. The van der Waals surface area contributed by atoms with Crippen molar-refractivity contribution in [2.24, 2.45) is 0 Å². The molecule has 0 fully saturated rings. The van der Waals surface area contributed by atoms with Crippen LogP contribution in [0.25, 0.3) is 5.70 Å². The summed E-state index contributed by atoms with van der Waals surface area (Å²) in [5.41, 5.74) is 4.22. The number of hydrogen-bond acceptors (Lipinski definition) is 1. The van der Waals surface area contributed by atoms with Crippen LogP contribution in [-0.2, 0) is 6.42 Å². The molecule has 0 saturated heterocycles. The van der Waals surface area contributed by atoms with Crippen LogP contribution in [0.15, 0.2) is 30.3 Å². The van der Waals surface area contributed by atoms with Crippen molar-refractivity contribution >= 4 is 5.70 Å². The number of rotatable bonds is 1. The predicted octanol–water partition coefficient (Wildman–Crippen LogP) is 2.97. The summed E-state index contributed by atoms with van der Waals surface area (Å²) in [6.07, 6.45) is 3.34. The van der Waals surface area contributed by atoms with E-state index in [1.165, 1.54) is 16.8 Å². The molecule has 1 aliphatic rings. The Morgan fingerprint density at radius 1 is 1.14 bits per heavy atom. The molecule has 0 bridgehead atoms. The second kappa shape index (κ2) is 3.16. The van der Waals surface area contributed by atoms with Gasteiger partial charge in [-0.25, -0.2) is 0 Å². The first kappa shape index (κ1) is 9.32. The van der Waals surface area contributed by atoms with Crippen molar-refractivity contribution in [3.63, 3.8) is 0 Å². The average Bonchev–Trinajstić information content (AvgIpc) is 2.47. The van der Waals surface area contributed by atoms with Gasteiger partial charge in [0.1, 0.15) is 0 Å². The zero-order chi connectivity index (χ0) is 10.2. The first-order chi connectivity index (χ1) is 6.56. The van der Waals surface area contributed by atoms with Crippen LogP contribution in [0.2, 0.25) is 0 Å². The van der Waals surface area contributed by atoms with Crippen molar-refractivity contribution in [1.82, 2.24) is 5.32 Å². The zero-order valence-corrected chi connectivity index (χ0v) is 9.09. The van der Waals surface area contributed by atoms with Crippen LogP contribution in [0.5, 0.6) is 0 Å². The average molecular weight is 187 g/mol. The molecule has 1 aromatic carbocycles. The van der Waals surface area contributed by atoms with Crippen molar-refractivity contribution in [1.29, 1.82) is 0 Å². The molecular weight excluding hydrogens is 170 g/mol. The van der Waals surface area contributed by atoms with Gasteiger partial charge in [-0.3, -0.25) is 0 Å². The molecule has 1 aromatic rings. The van der Waals surface area contributed by atoms with Crippen LogP contribution in [0, 0.1) is 0 Å². The Labute approximate surface area is 85.8 Å². The molecule has 1 aliphatic carbocycles. The highest BCUT2D eigenvalue weighted by Crippen LogP contribution is 2.26. The van der Waals surface area contributed by atoms with E-state index in [0.717, 1.165) is 6.42 Å². The van der Waals surface area contributed by atoms with Crippen LogP contribution in [0.4, 0.5) is 0 Å². The van der Waals surface area contributed by atoms with Gasteiger partial charge in [0.25, 0.3) is 0 Å². The van der Waals surface area contributed by atoms with Crippen molar-refractivity contribution in [3.8, 4) is 0 Å². The molecule has 1 heteroatoms. The van der Waals surface area contributed by atoms with E-state index in [-0.39, 0.29) is 5.54 Å². The fraction of sp³-hybridized carbons (Fsp3) is 0.385. The maximum atomic E-state index is 3.54. The lowest BCUT2D eigenvalue weighted by Gasteiger charge is -2.23. The second-order valence-electron chi connectivity index (χ2n) is 4.85. The fourth-order valence-electron chi connectivity index (χ4n) is 1.81. The summed E-state index contributed by atoms with van der Waals surface area (Å²) in [4.78, 5) is 0. The van der Waals surface area contributed by atoms with Gasteiger partial charge in [-0.15, -0.1) is 0 Å². The van der Waals surface area contributed by atoms with E-state index in [1.807, 2.05) is 0 Å². The van der Waals surface area contributed by atoms with E-state index < -0.39 is 0 Å². The van der Waals surface area contributed by atoms with E-state index in [0.29, 0.717) is 0 Å². The molecule has 1 N–H and O–H groups in total. The largest absolute Gasteiger partial charge is 0.380 e. The number of nitrogens with one attached hydrogen (secondary N) is 1. The quantitative estimate of drug-likeness (QED) is 0.712. The monoisotopic (exact) mass is 187 g/mol. The predicted molar refractivity (Wildman–Crippen MR) is 61.0 cm³/mol. The minimum Gasteiger partial charge on any atom is -0.380 e. The maximum absolute atomic E-state index is 3.54. The van der Waals surface area contributed by atoms with Crippen LogP contribution in [0.3, 0.4) is 0 Å². The number of fused-ring (bicyclic) bond motifs is 1. The minimum absolute atomic E-state index is 0.142. The van der Waals surface area contributed by atoms with Gasteiger partial charge in [0, 0.05) is 16.8 Å². The smallest absolute Gasteiger partial charge is 0.0383 e. The normalized spacial score (nSPS) is 14.9. The molecule has 1 nitrogen and oxygen atoms in total. The van der Waals surface area contributed by atoms with Gasteiger partial charge in [0.2, 0.25) is 0 Å². The number of allylic oxidation sites excluding steroid dienone is 1. The highest BCUT2D eigenvalue weighted by Gasteiger charge is 2.17. The molecule has 0 saturated carbocycles. The third-order valence-electron chi connectivity index (χ3n) is 2.34. The summed E-state index contributed by atoms with van der Waals surface area (Å²) < 4.78 is 0. The summed E-state index contributed by atoms with van der Waals surface area (Å²) in [6, 6.07) is 8.59. The van der Waals surface area contributed by atoms with E-state index in [2.05, 4.69) is 56.4 Å². The van der Waals surface area contributed by atoms with Crippen LogP contribution in [0.1, 0.15) is 31.9 Å². The Bertz CT molecular complexity index is 369. The third-order valence-corrected chi connectivity index (χ3v) is 2.34. The van der Waals surface area contributed by atoms with Crippen molar-refractivity contribution < 1.29 is 0 Å². The molecule has 0 aliphatic heterocycles. The van der Waals surface area contributed by atoms with E-state index in [9.17, 15) is 0 Å². The Hall–Kier alpha value is -1.24. The summed E-state index contributed by atoms with van der Waals surface area (Å²) in [5, 5.41) is 3.54. The Kier molecular flexibility index (Phi) is 2.10. The molecule has 74 valence electrons. The minimum atomic E-state index is 0.142. The molecule has 0 aromatic heterocycles. The highest BCUT2D eigenvalue weighted by molar-refractivity contribution is 5.71. The summed E-state index contributed by atoms with van der Waals surface area (Å²) in [5.74, 6) is 0. The Morgan fingerprint density at radius 3 is 2.57 bits per heavy atom. The Morgan fingerprint density at radius 2 is 1.86 bits per heavy atom. The summed E-state index contributed by atoms with van der Waals surface area (Å²) in [6.45, 7) is 6.57. The molecule has 0 heterocycles. The standard InChI is InChI=1S/C13H17N/c1-13(2,3)14-12-9-8-10-6-4-5-7-11(10)12/h4-7,9,14H,8H2,1-3H3. The molecule has 2 rings (SSSR count). The number of benzene rings is 1. The van der Waals surface area contributed by atoms with Gasteiger partial charge in [-0.1, -0.05) is 30.3 Å². The van der Waals surface area contributed by atoms with Gasteiger partial charge in [0.05, 0.1) is 0 Å². The zero-order valence-electron chi connectivity index (χ0n) is 9.09. The van der Waals surface area contributed by atoms with E-state index >= 15 is 0 Å². The van der Waals surface area contributed by atoms with E-state index in [4.69, 9.17) is 0 Å². The lowest BCUT2D eigenvalue weighted by atomic mass is 10.1. The molecule has 0 radical (unpaired) electrons. The van der Waals surface area contributed by atoms with Gasteiger partial charge in [0.15, 0.2) is 0 Å². The van der Waals surface area contributed by atoms with Gasteiger partial charge < -0.3 is 5.32 Å². The van der Waals surface area contributed by atoms with E-state index in [1.54, 1.807) is 0 Å². The van der Waals surface area contributed by atoms with Crippen molar-refractivity contribution in [2.75, 3.05) is 0 Å². The Balaban J connectivity index is 2.25. The van der Waals surface area contributed by atoms with Gasteiger partial charge in [-0.2, -0.15) is 0 Å². The van der Waals surface area contributed by atoms with Crippen LogP contribution in [-0.4, -0.2) is 5.54 Å². The molecule has 14 heavy (non-hydrogen) atoms. The molecule has 0 amide bonds. The maximum Gasteiger partial charge on any atom is 0.0383 e. The first-order valence-corrected chi connectivity index (χ1v) is 5.13. The van der Waals surface area contributed by atoms with Gasteiger partial charge >= 0.3 is 0 Å². The first-order valence-electron chi connectivity index (χ1n) is 5.13. The third kappa shape index (κ3) is 1.82. The highest BCUT2D eigenvalue weighted by atomic mass is 15.0. The van der Waals surface area contributed by atoms with Gasteiger partial charge in [-0.05, 0) is 32.8 Å². The molecule has 0 spiro atoms. The summed E-state index contributed by atoms with van der Waals surface area (Å²) in [7, 11) is 0. The van der Waals surface area contributed by atoms with Crippen LogP contribution < -0.4 is 5.32 Å². The topological polar surface area (TPSA) is 12.0 Å². The van der Waals surface area contributed by atoms with Crippen molar-refractivity contribution in [2.45, 2.75) is 32.7 Å². The molecular formula is C13H17N. The lowest BCUT2D eigenvalue weighted by molar-refractivity contribution is 0.501. The second-order valence-corrected chi connectivity index (χ2v) is 4.85. The van der Waals surface area contributed by atoms with Crippen LogP contribution >= 0.6 is 0 Å². The molecule has 0 atom stereocenters. The molecule has 0 unspecified atom stereocenters. The lowest BCUT2D eigenvalue weighted by Crippen LogP contribution is -2.33.